The van der Waals surface area contributed by atoms with Gasteiger partial charge in [0.2, 0.25) is 0 Å². The van der Waals surface area contributed by atoms with Crippen LogP contribution in [0, 0.1) is 5.92 Å². The molecule has 0 amide bonds. The summed E-state index contributed by atoms with van der Waals surface area (Å²) in [5, 5.41) is 12.1. The summed E-state index contributed by atoms with van der Waals surface area (Å²) in [7, 11) is 1.64. The highest BCUT2D eigenvalue weighted by molar-refractivity contribution is 5.90. The lowest BCUT2D eigenvalue weighted by Crippen LogP contribution is -2.76. The van der Waals surface area contributed by atoms with Crippen LogP contribution in [0.2, 0.25) is 0 Å². The first-order valence-corrected chi connectivity index (χ1v) is 9.94. The monoisotopic (exact) mass is 355 g/mol. The van der Waals surface area contributed by atoms with Crippen molar-refractivity contribution in [2.24, 2.45) is 5.92 Å². The summed E-state index contributed by atoms with van der Waals surface area (Å²) in [6, 6.07) is 4.16. The van der Waals surface area contributed by atoms with Crippen molar-refractivity contribution < 1.29 is 19.4 Å². The normalized spacial score (nSPS) is 40.2. The third kappa shape index (κ3) is 1.63. The van der Waals surface area contributed by atoms with E-state index in [1.807, 2.05) is 6.07 Å². The van der Waals surface area contributed by atoms with Gasteiger partial charge in [-0.15, -0.1) is 0 Å². The SMILES string of the molecule is COc1ccc2c3c1OC1C(=O)CCC4(O)[C@@H](C2)N(CC2CC2)CCC314. The molecule has 26 heavy (non-hydrogen) atoms. The molecule has 1 aromatic rings. The minimum absolute atomic E-state index is 0.0860. The maximum absolute atomic E-state index is 12.8. The van der Waals surface area contributed by atoms with Crippen molar-refractivity contribution in [3.8, 4) is 11.5 Å². The molecule has 1 N–H and O–H groups in total. The fourth-order valence-electron chi connectivity index (χ4n) is 6.41. The lowest BCUT2D eigenvalue weighted by molar-refractivity contribution is -0.188. The number of hydrogen-bond donors (Lipinski definition) is 1. The molecule has 4 atom stereocenters. The Labute approximate surface area is 153 Å². The van der Waals surface area contributed by atoms with Gasteiger partial charge >= 0.3 is 0 Å². The molecule has 5 heteroatoms. The quantitative estimate of drug-likeness (QED) is 0.896. The molecule has 3 fully saturated rings. The maximum atomic E-state index is 12.8. The molecule has 3 unspecified atom stereocenters. The van der Waals surface area contributed by atoms with E-state index in [4.69, 9.17) is 9.47 Å². The number of rotatable bonds is 3. The molecule has 2 heterocycles. The van der Waals surface area contributed by atoms with Gasteiger partial charge in [0.15, 0.2) is 23.4 Å². The molecule has 3 aliphatic carbocycles. The van der Waals surface area contributed by atoms with Crippen LogP contribution in [0.5, 0.6) is 11.5 Å². The van der Waals surface area contributed by atoms with Crippen molar-refractivity contribution in [1.29, 1.82) is 0 Å². The van der Waals surface area contributed by atoms with Crippen molar-refractivity contribution in [2.75, 3.05) is 20.2 Å². The predicted molar refractivity (Wildman–Crippen MR) is 94.7 cm³/mol. The molecule has 6 rings (SSSR count). The van der Waals surface area contributed by atoms with Crippen LogP contribution in [0.3, 0.4) is 0 Å². The molecule has 5 aliphatic rings. The molecule has 2 saturated carbocycles. The summed E-state index contributed by atoms with van der Waals surface area (Å²) in [5.41, 5.74) is 0.821. The van der Waals surface area contributed by atoms with E-state index in [-0.39, 0.29) is 11.8 Å². The Hall–Kier alpha value is -1.59. The number of benzene rings is 1. The van der Waals surface area contributed by atoms with E-state index < -0.39 is 17.1 Å². The number of piperidine rings is 1. The van der Waals surface area contributed by atoms with Crippen LogP contribution in [-0.4, -0.2) is 53.7 Å². The highest BCUT2D eigenvalue weighted by Crippen LogP contribution is 2.65. The Bertz CT molecular complexity index is 818. The molecule has 1 spiro atoms. The number of carbonyl (C=O) groups is 1. The molecule has 0 radical (unpaired) electrons. The fraction of sp³-hybridized carbons (Fsp3) is 0.667. The van der Waals surface area contributed by atoms with Gasteiger partial charge in [-0.25, -0.2) is 0 Å². The number of aliphatic hydroxyl groups is 1. The number of ether oxygens (including phenoxy) is 2. The fourth-order valence-corrected chi connectivity index (χ4v) is 6.41. The molecular formula is C21H25NO4. The Balaban J connectivity index is 1.57. The summed E-state index contributed by atoms with van der Waals surface area (Å²) < 4.78 is 11.8. The van der Waals surface area contributed by atoms with Crippen molar-refractivity contribution in [1.82, 2.24) is 4.90 Å². The average Bonchev–Trinajstić information content (AvgIpc) is 3.37. The van der Waals surface area contributed by atoms with Gasteiger partial charge in [0.05, 0.1) is 18.1 Å². The van der Waals surface area contributed by atoms with Crippen LogP contribution in [-0.2, 0) is 16.6 Å². The van der Waals surface area contributed by atoms with Crippen LogP contribution >= 0.6 is 0 Å². The summed E-state index contributed by atoms with van der Waals surface area (Å²) in [5.74, 6) is 2.32. The van der Waals surface area contributed by atoms with Crippen molar-refractivity contribution >= 4 is 5.78 Å². The summed E-state index contributed by atoms with van der Waals surface area (Å²) in [6.07, 6.45) is 4.65. The second-order valence-corrected chi connectivity index (χ2v) is 8.90. The van der Waals surface area contributed by atoms with Gasteiger partial charge in [-0.1, -0.05) is 6.07 Å². The van der Waals surface area contributed by atoms with Crippen LogP contribution in [0.25, 0.3) is 0 Å². The van der Waals surface area contributed by atoms with Crippen molar-refractivity contribution in [2.45, 2.75) is 61.7 Å². The molecule has 1 aromatic carbocycles. The van der Waals surface area contributed by atoms with E-state index >= 15 is 0 Å². The van der Waals surface area contributed by atoms with Crippen LogP contribution in [0.15, 0.2) is 12.1 Å². The van der Waals surface area contributed by atoms with Crippen LogP contribution < -0.4 is 9.47 Å². The first-order chi connectivity index (χ1) is 12.6. The number of nitrogens with zero attached hydrogens (tertiary/aromatic N) is 1. The van der Waals surface area contributed by atoms with Crippen molar-refractivity contribution in [3.63, 3.8) is 0 Å². The number of carbonyl (C=O) groups excluding carboxylic acids is 1. The molecule has 0 aromatic heterocycles. The van der Waals surface area contributed by atoms with Gasteiger partial charge in [-0.05, 0) is 56.2 Å². The van der Waals surface area contributed by atoms with E-state index in [0.717, 1.165) is 37.4 Å². The second kappa shape index (κ2) is 4.82. The maximum Gasteiger partial charge on any atom is 0.174 e. The zero-order valence-electron chi connectivity index (χ0n) is 15.2. The third-order valence-electron chi connectivity index (χ3n) is 7.76. The Morgan fingerprint density at radius 3 is 2.96 bits per heavy atom. The van der Waals surface area contributed by atoms with E-state index in [1.165, 1.54) is 18.4 Å². The zero-order chi connectivity index (χ0) is 17.7. The minimum atomic E-state index is -0.886. The van der Waals surface area contributed by atoms with Gasteiger partial charge in [0.25, 0.3) is 0 Å². The minimum Gasteiger partial charge on any atom is -0.493 e. The van der Waals surface area contributed by atoms with Gasteiger partial charge in [-0.2, -0.15) is 0 Å². The molecule has 138 valence electrons. The Kier molecular flexibility index (Phi) is 2.86. The molecule has 2 aliphatic heterocycles. The predicted octanol–water partition coefficient (Wildman–Crippen LogP) is 1.83. The molecule has 5 nitrogen and oxygen atoms in total. The van der Waals surface area contributed by atoms with Crippen LogP contribution in [0.1, 0.15) is 43.2 Å². The first kappa shape index (κ1) is 15.5. The van der Waals surface area contributed by atoms with Gasteiger partial charge in [0.1, 0.15) is 0 Å². The van der Waals surface area contributed by atoms with Gasteiger partial charge in [0, 0.05) is 24.6 Å². The van der Waals surface area contributed by atoms with E-state index in [0.29, 0.717) is 24.3 Å². The molecule has 2 bridgehead atoms. The first-order valence-electron chi connectivity index (χ1n) is 9.94. The number of Topliss-reactive ketones (excluding diaryl/α,β-unsaturated/α-hetero) is 1. The number of likely N-dealkylation sites (tertiary alicyclic amines) is 1. The highest BCUT2D eigenvalue weighted by Gasteiger charge is 2.73. The smallest absolute Gasteiger partial charge is 0.174 e. The number of methoxy groups -OCH3 is 1. The lowest BCUT2D eigenvalue weighted by atomic mass is 9.49. The molecular weight excluding hydrogens is 330 g/mol. The van der Waals surface area contributed by atoms with Crippen LogP contribution in [0.4, 0.5) is 0 Å². The second-order valence-electron chi connectivity index (χ2n) is 8.90. The Morgan fingerprint density at radius 2 is 2.19 bits per heavy atom. The summed E-state index contributed by atoms with van der Waals surface area (Å²) in [6.45, 7) is 2.02. The average molecular weight is 355 g/mol. The summed E-state index contributed by atoms with van der Waals surface area (Å²) >= 11 is 0. The summed E-state index contributed by atoms with van der Waals surface area (Å²) in [4.78, 5) is 15.4. The number of hydrogen-bond acceptors (Lipinski definition) is 5. The van der Waals surface area contributed by atoms with E-state index in [1.54, 1.807) is 7.11 Å². The van der Waals surface area contributed by atoms with Gasteiger partial charge in [-0.3, -0.25) is 9.69 Å². The topological polar surface area (TPSA) is 59.0 Å². The largest absolute Gasteiger partial charge is 0.493 e. The Morgan fingerprint density at radius 1 is 1.35 bits per heavy atom. The zero-order valence-corrected chi connectivity index (χ0v) is 15.2. The van der Waals surface area contributed by atoms with E-state index in [9.17, 15) is 9.90 Å². The standard InChI is InChI=1S/C21H25NO4/c1-25-15-5-4-13-10-16-21(24)7-6-14(23)19-20(21,17(13)18(15)26-19)8-9-22(16)11-12-2-3-12/h4-5,12,16,19,24H,2-3,6-11H2,1H3/t16-,19?,20?,21?/m1/s1. The van der Waals surface area contributed by atoms with Crippen molar-refractivity contribution in [3.05, 3.63) is 23.3 Å². The third-order valence-corrected chi connectivity index (χ3v) is 7.76. The molecule has 1 saturated heterocycles. The van der Waals surface area contributed by atoms with E-state index in [2.05, 4.69) is 11.0 Å². The number of ketones is 1. The highest BCUT2D eigenvalue weighted by atomic mass is 16.5. The van der Waals surface area contributed by atoms with Gasteiger partial charge < -0.3 is 14.6 Å². The lowest BCUT2D eigenvalue weighted by Gasteiger charge is -2.62.